The number of carbonyl (C=O) groups excluding carboxylic acids is 4. The number of rotatable bonds is 8. The molecule has 9 nitrogen and oxygen atoms in total. The van der Waals surface area contributed by atoms with E-state index in [-0.39, 0.29) is 47.9 Å². The van der Waals surface area contributed by atoms with Gasteiger partial charge in [0.1, 0.15) is 12.1 Å². The van der Waals surface area contributed by atoms with Crippen molar-refractivity contribution < 1.29 is 19.2 Å². The van der Waals surface area contributed by atoms with E-state index in [1.165, 1.54) is 19.3 Å². The minimum absolute atomic E-state index is 0.00292. The summed E-state index contributed by atoms with van der Waals surface area (Å²) in [5.74, 6) is -0.502. The zero-order valence-corrected chi connectivity index (χ0v) is 24.0. The van der Waals surface area contributed by atoms with Gasteiger partial charge >= 0.3 is 0 Å². The fourth-order valence-electron chi connectivity index (χ4n) is 7.18. The summed E-state index contributed by atoms with van der Waals surface area (Å²) in [7, 11) is 0. The van der Waals surface area contributed by atoms with Crippen LogP contribution in [0.5, 0.6) is 0 Å². The lowest BCUT2D eigenvalue weighted by Crippen LogP contribution is -2.53. The first kappa shape index (κ1) is 28.6. The Morgan fingerprint density at radius 2 is 1.57 bits per heavy atom. The van der Waals surface area contributed by atoms with Crippen LogP contribution in [0.3, 0.4) is 0 Å². The highest BCUT2D eigenvalue weighted by molar-refractivity contribution is 6.01. The summed E-state index contributed by atoms with van der Waals surface area (Å²) in [4.78, 5) is 59.2. The second-order valence-corrected chi connectivity index (χ2v) is 12.6. The van der Waals surface area contributed by atoms with Crippen molar-refractivity contribution in [1.29, 1.82) is 0 Å². The molecule has 0 radical (unpaired) electrons. The lowest BCUT2D eigenvalue weighted by Gasteiger charge is -2.32. The molecule has 3 amide bonds. The average Bonchev–Trinajstić information content (AvgIpc) is 3.71. The number of carbonyl (C=O) groups is 4. The van der Waals surface area contributed by atoms with Crippen molar-refractivity contribution in [1.82, 2.24) is 15.1 Å². The molecule has 4 aliphatic rings. The van der Waals surface area contributed by atoms with Gasteiger partial charge in [0.15, 0.2) is 5.78 Å². The first-order valence-corrected chi connectivity index (χ1v) is 15.3. The maximum atomic E-state index is 13.8. The van der Waals surface area contributed by atoms with Gasteiger partial charge in [-0.2, -0.15) is 0 Å². The average molecular weight is 552 g/mol. The molecule has 0 spiro atoms. The zero-order valence-electron chi connectivity index (χ0n) is 24.0. The molecule has 1 saturated carbocycles. The third-order valence-electron chi connectivity index (χ3n) is 9.34. The molecule has 1 aromatic carbocycles. The van der Waals surface area contributed by atoms with Gasteiger partial charge in [0.05, 0.1) is 18.6 Å². The van der Waals surface area contributed by atoms with Crippen LogP contribution < -0.4 is 16.0 Å². The Hall–Kier alpha value is -2.94. The Morgan fingerprint density at radius 1 is 0.900 bits per heavy atom. The first-order valence-electron chi connectivity index (χ1n) is 15.3. The van der Waals surface area contributed by atoms with E-state index in [9.17, 15) is 19.2 Å². The fourth-order valence-corrected chi connectivity index (χ4v) is 7.18. The third kappa shape index (κ3) is 5.90. The van der Waals surface area contributed by atoms with Gasteiger partial charge < -0.3 is 25.8 Å². The van der Waals surface area contributed by atoms with E-state index in [1.807, 2.05) is 38.1 Å². The lowest BCUT2D eigenvalue weighted by atomic mass is 9.83. The monoisotopic (exact) mass is 551 g/mol. The molecule has 4 fully saturated rings. The number of Topliss-reactive ketones (excluding diaryl/α,β-unsaturated/α-hetero) is 1. The molecule has 1 aromatic rings. The van der Waals surface area contributed by atoms with E-state index in [0.717, 1.165) is 44.5 Å². The number of nitrogens with zero attached hydrogens (tertiary/aromatic N) is 3. The van der Waals surface area contributed by atoms with E-state index in [2.05, 4.69) is 10.2 Å². The number of likely N-dealkylation sites (tertiary alicyclic amines) is 2. The Balaban J connectivity index is 1.25. The van der Waals surface area contributed by atoms with Crippen molar-refractivity contribution in [2.45, 2.75) is 95.8 Å². The first-order chi connectivity index (χ1) is 19.2. The molecule has 40 heavy (non-hydrogen) atoms. The SMILES string of the molecule is CC(C)CC(NC(=O)c1ccc(N2CCCC2)cc1)C(=O)N1CCC2C1C(=O)CN2C(=O)C(N)C1CCCCC1. The van der Waals surface area contributed by atoms with Gasteiger partial charge in [-0.15, -0.1) is 0 Å². The Labute approximate surface area is 237 Å². The maximum Gasteiger partial charge on any atom is 0.251 e. The molecule has 3 saturated heterocycles. The molecule has 0 aromatic heterocycles. The number of anilines is 1. The van der Waals surface area contributed by atoms with Crippen LogP contribution in [0.15, 0.2) is 24.3 Å². The topological polar surface area (TPSA) is 116 Å². The molecule has 3 heterocycles. The Bertz CT molecular complexity index is 1090. The van der Waals surface area contributed by atoms with E-state index < -0.39 is 18.1 Å². The number of ketones is 1. The molecule has 1 aliphatic carbocycles. The third-order valence-corrected chi connectivity index (χ3v) is 9.34. The van der Waals surface area contributed by atoms with Gasteiger partial charge in [0, 0.05) is 30.9 Å². The number of fused-ring (bicyclic) bond motifs is 1. The second kappa shape index (κ2) is 12.3. The summed E-state index contributed by atoms with van der Waals surface area (Å²) in [6.07, 6.45) is 8.63. The quantitative estimate of drug-likeness (QED) is 0.513. The minimum Gasteiger partial charge on any atom is -0.372 e. The van der Waals surface area contributed by atoms with Crippen molar-refractivity contribution in [3.63, 3.8) is 0 Å². The van der Waals surface area contributed by atoms with Crippen LogP contribution in [0.4, 0.5) is 5.69 Å². The lowest BCUT2D eigenvalue weighted by molar-refractivity contribution is -0.138. The van der Waals surface area contributed by atoms with E-state index in [4.69, 9.17) is 5.73 Å². The van der Waals surface area contributed by atoms with Crippen LogP contribution in [-0.4, -0.2) is 83.7 Å². The predicted octanol–water partition coefficient (Wildman–Crippen LogP) is 2.72. The van der Waals surface area contributed by atoms with Crippen molar-refractivity contribution in [2.75, 3.05) is 31.1 Å². The van der Waals surface area contributed by atoms with E-state index in [0.29, 0.717) is 24.9 Å². The molecule has 3 aliphatic heterocycles. The number of amides is 3. The van der Waals surface area contributed by atoms with Gasteiger partial charge in [-0.25, -0.2) is 0 Å². The van der Waals surface area contributed by atoms with Crippen molar-refractivity contribution in [3.05, 3.63) is 29.8 Å². The summed E-state index contributed by atoms with van der Waals surface area (Å²) < 4.78 is 0. The van der Waals surface area contributed by atoms with Crippen LogP contribution in [0.25, 0.3) is 0 Å². The molecule has 0 bridgehead atoms. The number of hydrogen-bond donors (Lipinski definition) is 2. The summed E-state index contributed by atoms with van der Waals surface area (Å²) in [6, 6.07) is 5.20. The van der Waals surface area contributed by atoms with Gasteiger partial charge in [-0.3, -0.25) is 19.2 Å². The summed E-state index contributed by atoms with van der Waals surface area (Å²) in [6.45, 7) is 6.47. The van der Waals surface area contributed by atoms with Gasteiger partial charge in [-0.1, -0.05) is 33.1 Å². The standard InChI is InChI=1S/C31H45N5O4/c1-20(2)18-24(33-29(38)22-10-12-23(13-11-22)34-15-6-7-16-34)30(39)35-17-14-25-28(35)26(37)19-36(25)31(40)27(32)21-8-4-3-5-9-21/h10-13,20-21,24-25,27-28H,3-9,14-19,32H2,1-2H3,(H,33,38). The molecule has 3 N–H and O–H groups in total. The number of nitrogens with one attached hydrogen (secondary N) is 1. The van der Waals surface area contributed by atoms with Gasteiger partial charge in [0.2, 0.25) is 11.8 Å². The fraction of sp³-hybridized carbons (Fsp3) is 0.677. The van der Waals surface area contributed by atoms with Gasteiger partial charge in [-0.05, 0) is 74.6 Å². The normalized spacial score (nSPS) is 24.9. The van der Waals surface area contributed by atoms with Crippen molar-refractivity contribution in [3.8, 4) is 0 Å². The van der Waals surface area contributed by atoms with Crippen LogP contribution in [0.2, 0.25) is 0 Å². The van der Waals surface area contributed by atoms with Crippen LogP contribution in [-0.2, 0) is 14.4 Å². The largest absolute Gasteiger partial charge is 0.372 e. The Kier molecular flexibility index (Phi) is 8.78. The number of benzene rings is 1. The number of hydrogen-bond acceptors (Lipinski definition) is 6. The zero-order chi connectivity index (χ0) is 28.4. The minimum atomic E-state index is -0.744. The van der Waals surface area contributed by atoms with E-state index in [1.54, 1.807) is 9.80 Å². The predicted molar refractivity (Wildman–Crippen MR) is 154 cm³/mol. The highest BCUT2D eigenvalue weighted by Crippen LogP contribution is 2.33. The molecule has 5 rings (SSSR count). The van der Waals surface area contributed by atoms with Crippen LogP contribution >= 0.6 is 0 Å². The molecule has 4 atom stereocenters. The molecule has 9 heteroatoms. The molecular weight excluding hydrogens is 506 g/mol. The van der Waals surface area contributed by atoms with E-state index >= 15 is 0 Å². The van der Waals surface area contributed by atoms with Crippen LogP contribution in [0.1, 0.15) is 82.0 Å². The summed E-state index contributed by atoms with van der Waals surface area (Å²) >= 11 is 0. The van der Waals surface area contributed by atoms with Crippen molar-refractivity contribution >= 4 is 29.2 Å². The Morgan fingerprint density at radius 3 is 2.23 bits per heavy atom. The molecule has 218 valence electrons. The van der Waals surface area contributed by atoms with Gasteiger partial charge in [0.25, 0.3) is 5.91 Å². The maximum absolute atomic E-state index is 13.8. The highest BCUT2D eigenvalue weighted by Gasteiger charge is 2.53. The van der Waals surface area contributed by atoms with Crippen LogP contribution in [0, 0.1) is 11.8 Å². The second-order valence-electron chi connectivity index (χ2n) is 12.6. The molecular formula is C31H45N5O4. The number of nitrogens with two attached hydrogens (primary N) is 1. The summed E-state index contributed by atoms with van der Waals surface area (Å²) in [5, 5.41) is 2.96. The summed E-state index contributed by atoms with van der Waals surface area (Å²) in [5.41, 5.74) is 8.03. The van der Waals surface area contributed by atoms with Crippen molar-refractivity contribution in [2.24, 2.45) is 17.6 Å². The smallest absolute Gasteiger partial charge is 0.251 e. The molecule has 4 unspecified atom stereocenters. The highest BCUT2D eigenvalue weighted by atomic mass is 16.2.